The van der Waals surface area contributed by atoms with E-state index in [1.165, 1.54) is 109 Å². The van der Waals surface area contributed by atoms with Crippen LogP contribution in [-0.4, -0.2) is 0 Å². The van der Waals surface area contributed by atoms with Gasteiger partial charge >= 0.3 is 0 Å². The molecule has 0 aliphatic heterocycles. The van der Waals surface area contributed by atoms with Crippen LogP contribution < -0.4 is 0 Å². The van der Waals surface area contributed by atoms with Crippen LogP contribution in [0.4, 0.5) is 0 Å². The number of furan rings is 3. The molecule has 0 fully saturated rings. The Kier molecular flexibility index (Phi) is 15.6. The second-order valence-electron chi connectivity index (χ2n) is 34.1. The summed E-state index contributed by atoms with van der Waals surface area (Å²) in [6, 6.07) is 162. The van der Waals surface area contributed by atoms with Crippen LogP contribution in [-0.2, 0) is 0 Å². The second kappa shape index (κ2) is 27.9. The van der Waals surface area contributed by atoms with Gasteiger partial charge in [-0.2, -0.15) is 0 Å². The summed E-state index contributed by atoms with van der Waals surface area (Å²) in [6.07, 6.45) is 0. The fraction of sp³-hybridized carbons (Fsp3) is 0. The molecule has 27 aromatic rings. The first-order valence-electron chi connectivity index (χ1n) is 43.8. The van der Waals surface area contributed by atoms with Crippen molar-refractivity contribution in [2.45, 2.75) is 0 Å². The molecule has 0 saturated heterocycles. The lowest BCUT2D eigenvalue weighted by molar-refractivity contribution is 0.669. The zero-order valence-corrected chi connectivity index (χ0v) is 68.8. The summed E-state index contributed by atoms with van der Waals surface area (Å²) in [7, 11) is 0. The molecule has 3 nitrogen and oxygen atoms in total. The maximum Gasteiger partial charge on any atom is 0.143 e. The van der Waals surface area contributed by atoms with E-state index in [0.717, 1.165) is 176 Å². The molecular weight excluding hydrogens is 1540 g/mol. The molecule has 0 aliphatic carbocycles. The minimum absolute atomic E-state index is 0.840. The van der Waals surface area contributed by atoms with Gasteiger partial charge in [0.15, 0.2) is 0 Å². The zero-order chi connectivity index (χ0) is 83.1. The number of fused-ring (bicyclic) bond motifs is 19. The molecule has 3 aromatic heterocycles. The molecule has 0 atom stereocenters. The van der Waals surface area contributed by atoms with Crippen LogP contribution >= 0.6 is 0 Å². The summed E-state index contributed by atoms with van der Waals surface area (Å²) in [5.74, 6) is 0. The quantitative estimate of drug-likeness (QED) is 0.128. The van der Waals surface area contributed by atoms with Gasteiger partial charge in [-0.15, -0.1) is 0 Å². The number of benzene rings is 24. The third-order valence-corrected chi connectivity index (χ3v) is 27.3. The Morgan fingerprint density at radius 1 is 0.118 bits per heavy atom. The summed E-state index contributed by atoms with van der Waals surface area (Å²) in [6.45, 7) is 0. The predicted octanol–water partition coefficient (Wildman–Crippen LogP) is 35.6. The Hall–Kier alpha value is -16.7. The Morgan fingerprint density at radius 3 is 0.929 bits per heavy atom. The minimum atomic E-state index is 0.840. The van der Waals surface area contributed by atoms with Gasteiger partial charge in [-0.25, -0.2) is 0 Å². The Bertz CT molecular complexity index is 9230. The third-order valence-electron chi connectivity index (χ3n) is 27.3. The molecule has 0 unspecified atom stereocenters. The minimum Gasteiger partial charge on any atom is -0.456 e. The van der Waals surface area contributed by atoms with Crippen molar-refractivity contribution in [3.63, 3.8) is 0 Å². The first kappa shape index (κ1) is 70.9. The average molecular weight is 1610 g/mol. The molecule has 0 bridgehead atoms. The van der Waals surface area contributed by atoms with Gasteiger partial charge in [-0.1, -0.05) is 364 Å². The molecule has 0 N–H and O–H groups in total. The zero-order valence-electron chi connectivity index (χ0n) is 68.8. The highest BCUT2D eigenvalue weighted by Gasteiger charge is 2.30. The maximum absolute atomic E-state index is 7.54. The van der Waals surface area contributed by atoms with E-state index in [-0.39, 0.29) is 0 Å². The molecule has 0 aliphatic rings. The third kappa shape index (κ3) is 10.9. The predicted molar refractivity (Wildman–Crippen MR) is 538 cm³/mol. The summed E-state index contributed by atoms with van der Waals surface area (Å²) in [5.41, 5.74) is 28.0. The molecule has 24 aromatic carbocycles. The SMILES string of the molecule is c1ccc(-c2cccc(-c3c4ccccc4c(-c4ccc(-c5cccc6cc(-c7c8ccccc8c(-c8ccc(-c9ccc(-c%10c%11ccccc%11c(-c%11cccc%12oc%13cc%14ccccc%14cc%13c%11%12)c%11ccccc%10%11)c(-c%10ccccc%10)c9)c9oc%10cc%11ccccc%11cc%10c89)c8ccccc78)ccc56)c5oc6cc7ccccc7cc6c45)c4ccccc34)c2)cc1. The normalized spacial score (nSPS) is 12.1. The van der Waals surface area contributed by atoms with Gasteiger partial charge < -0.3 is 13.3 Å². The van der Waals surface area contributed by atoms with Crippen molar-refractivity contribution in [3.8, 4) is 111 Å². The van der Waals surface area contributed by atoms with Gasteiger partial charge in [0.1, 0.15) is 33.5 Å². The Morgan fingerprint density at radius 2 is 0.441 bits per heavy atom. The van der Waals surface area contributed by atoms with E-state index in [1.807, 2.05) is 0 Å². The molecule has 586 valence electrons. The van der Waals surface area contributed by atoms with Crippen molar-refractivity contribution in [3.05, 3.63) is 437 Å². The number of hydrogen-bond acceptors (Lipinski definition) is 3. The van der Waals surface area contributed by atoms with Crippen molar-refractivity contribution in [2.75, 3.05) is 0 Å². The Labute approximate surface area is 729 Å². The van der Waals surface area contributed by atoms with E-state index in [2.05, 4.69) is 437 Å². The van der Waals surface area contributed by atoms with Crippen LogP contribution in [0.25, 0.3) is 285 Å². The van der Waals surface area contributed by atoms with Crippen molar-refractivity contribution < 1.29 is 13.3 Å². The first-order valence-corrected chi connectivity index (χ1v) is 43.8. The van der Waals surface area contributed by atoms with Gasteiger partial charge in [0.2, 0.25) is 0 Å². The van der Waals surface area contributed by atoms with Crippen LogP contribution in [0.5, 0.6) is 0 Å². The number of hydrogen-bond donors (Lipinski definition) is 0. The van der Waals surface area contributed by atoms with Crippen LogP contribution in [0.15, 0.2) is 450 Å². The molecule has 0 radical (unpaired) electrons. The molecule has 3 heterocycles. The highest BCUT2D eigenvalue weighted by molar-refractivity contribution is 6.32. The topological polar surface area (TPSA) is 39.4 Å². The van der Waals surface area contributed by atoms with E-state index < -0.39 is 0 Å². The first-order chi connectivity index (χ1) is 63.0. The largest absolute Gasteiger partial charge is 0.456 e. The smallest absolute Gasteiger partial charge is 0.143 e. The van der Waals surface area contributed by atoms with E-state index in [9.17, 15) is 0 Å². The van der Waals surface area contributed by atoms with Crippen molar-refractivity contribution in [1.82, 2.24) is 0 Å². The van der Waals surface area contributed by atoms with Crippen molar-refractivity contribution >= 4 is 174 Å². The lowest BCUT2D eigenvalue weighted by Gasteiger charge is -2.21. The van der Waals surface area contributed by atoms with E-state index in [0.29, 0.717) is 0 Å². The molecule has 3 heteroatoms. The molecular formula is C124H72O3. The van der Waals surface area contributed by atoms with Gasteiger partial charge in [0.05, 0.1) is 0 Å². The highest BCUT2D eigenvalue weighted by atomic mass is 16.3. The molecule has 0 spiro atoms. The molecule has 27 rings (SSSR count). The molecule has 0 amide bonds. The highest BCUT2D eigenvalue weighted by Crippen LogP contribution is 2.56. The maximum atomic E-state index is 7.54. The number of rotatable bonds is 10. The van der Waals surface area contributed by atoms with E-state index >= 15 is 0 Å². The van der Waals surface area contributed by atoms with Gasteiger partial charge in [-0.3, -0.25) is 0 Å². The summed E-state index contributed by atoms with van der Waals surface area (Å²) >= 11 is 0. The standard InChI is InChI=1S/C124H72O3/c1-3-28-73(29-4-1)75-38-25-40-84(64-75)114-89-41-13-17-45-93(89)119(94-46-18-14-42-90(94)114)105-63-61-102(124-122(105)109-68-78-34-9-12-37-81(78)72-113(109)127-124)88-53-26-39-82-65-85(57-58-86(82)88)115-91-43-15-19-47-95(91)118(96-48-20-16-44-92(96)115)104-62-60-87(123-121(104)108-67-77-33-8-11-36-80(77)71-112(108)126-123)83-56-59-101(106(69-83)74-30-5-2-6-31-74)116-97-49-21-23-51-99(97)117(100-52-24-22-50-98(100)116)103-54-27-55-110-120(103)107-66-76-32-7-10-35-79(76)70-111(107)125-110/h1-72H. The van der Waals surface area contributed by atoms with Crippen LogP contribution in [0.1, 0.15) is 0 Å². The average Bonchev–Trinajstić information content (AvgIpc) is 1.62. The fourth-order valence-electron chi connectivity index (χ4n) is 21.8. The van der Waals surface area contributed by atoms with Gasteiger partial charge in [0, 0.05) is 43.4 Å². The van der Waals surface area contributed by atoms with Crippen LogP contribution in [0, 0.1) is 0 Å². The lowest BCUT2D eigenvalue weighted by atomic mass is 9.82. The molecule has 127 heavy (non-hydrogen) atoms. The van der Waals surface area contributed by atoms with E-state index in [4.69, 9.17) is 13.3 Å². The summed E-state index contributed by atoms with van der Waals surface area (Å²) in [5, 5.41) is 29.9. The summed E-state index contributed by atoms with van der Waals surface area (Å²) in [4.78, 5) is 0. The van der Waals surface area contributed by atoms with Gasteiger partial charge in [0.25, 0.3) is 0 Å². The van der Waals surface area contributed by atoms with Crippen molar-refractivity contribution in [2.24, 2.45) is 0 Å². The fourth-order valence-corrected chi connectivity index (χ4v) is 21.8. The van der Waals surface area contributed by atoms with Crippen LogP contribution in [0.2, 0.25) is 0 Å². The summed E-state index contributed by atoms with van der Waals surface area (Å²) < 4.78 is 21.8. The van der Waals surface area contributed by atoms with Gasteiger partial charge in [-0.05, 0) is 281 Å². The monoisotopic (exact) mass is 1610 g/mol. The van der Waals surface area contributed by atoms with Crippen LogP contribution in [0.3, 0.4) is 0 Å². The van der Waals surface area contributed by atoms with E-state index in [1.54, 1.807) is 0 Å². The van der Waals surface area contributed by atoms with Crippen molar-refractivity contribution in [1.29, 1.82) is 0 Å². The molecule has 0 saturated carbocycles. The second-order valence-corrected chi connectivity index (χ2v) is 34.1. The lowest BCUT2D eigenvalue weighted by Crippen LogP contribution is -1.94. The Balaban J connectivity index is 0.621.